The molecule has 1 unspecified atom stereocenters. The largest absolute Gasteiger partial charge is 0.338 e. The first-order valence-electron chi connectivity index (χ1n) is 4.42. The third-order valence-electron chi connectivity index (χ3n) is 1.61. The molecule has 0 aliphatic rings. The first-order valence-corrected chi connectivity index (χ1v) is 4.42. The maximum Gasteiger partial charge on any atom is 0.314 e. The van der Waals surface area contributed by atoms with E-state index in [-0.39, 0.29) is 6.03 Å². The first-order chi connectivity index (χ1) is 5.70. The molecule has 0 rings (SSSR count). The maximum absolute atomic E-state index is 10.9. The Hall–Kier alpha value is -0.770. The molecule has 0 heterocycles. The van der Waals surface area contributed by atoms with Gasteiger partial charge in [-0.05, 0) is 25.8 Å². The zero-order chi connectivity index (χ0) is 9.40. The lowest BCUT2D eigenvalue weighted by Gasteiger charge is -2.11. The smallest absolute Gasteiger partial charge is 0.314 e. The zero-order valence-electron chi connectivity index (χ0n) is 7.89. The molecule has 0 aromatic rings. The van der Waals surface area contributed by atoms with Gasteiger partial charge in [0, 0.05) is 13.1 Å². The predicted molar refractivity (Wildman–Crippen MR) is 49.9 cm³/mol. The second kappa shape index (κ2) is 6.91. The van der Waals surface area contributed by atoms with Crippen molar-refractivity contribution in [1.82, 2.24) is 10.6 Å². The Morgan fingerprint density at radius 3 is 2.67 bits per heavy atom. The third kappa shape index (κ3) is 5.97. The number of carbonyl (C=O) groups excluding carboxylic acids is 1. The molecule has 0 aromatic carbocycles. The van der Waals surface area contributed by atoms with Crippen molar-refractivity contribution in [3.05, 3.63) is 0 Å². The van der Waals surface area contributed by atoms with E-state index in [2.05, 4.69) is 17.6 Å². The standard InChI is InChI=1S/C8H19N3O/c1-3-10-8(12)11-6-7(2)4-5-9/h7H,3-6,9H2,1-2H3,(H2,10,11,12). The molecule has 0 saturated heterocycles. The monoisotopic (exact) mass is 173 g/mol. The van der Waals surface area contributed by atoms with Gasteiger partial charge >= 0.3 is 6.03 Å². The Bertz CT molecular complexity index is 127. The van der Waals surface area contributed by atoms with E-state index in [4.69, 9.17) is 5.73 Å². The highest BCUT2D eigenvalue weighted by atomic mass is 16.2. The van der Waals surface area contributed by atoms with Gasteiger partial charge in [0.1, 0.15) is 0 Å². The van der Waals surface area contributed by atoms with Crippen molar-refractivity contribution in [2.75, 3.05) is 19.6 Å². The molecule has 0 saturated carbocycles. The quantitative estimate of drug-likeness (QED) is 0.559. The van der Waals surface area contributed by atoms with Crippen molar-refractivity contribution in [2.45, 2.75) is 20.3 Å². The molecule has 0 bridgehead atoms. The summed E-state index contributed by atoms with van der Waals surface area (Å²) in [4.78, 5) is 10.9. The van der Waals surface area contributed by atoms with Gasteiger partial charge in [-0.15, -0.1) is 0 Å². The summed E-state index contributed by atoms with van der Waals surface area (Å²) in [6.45, 7) is 6.00. The molecule has 2 amide bonds. The van der Waals surface area contributed by atoms with Crippen molar-refractivity contribution in [3.63, 3.8) is 0 Å². The summed E-state index contributed by atoms with van der Waals surface area (Å²) in [5, 5.41) is 5.42. The number of nitrogens with two attached hydrogens (primary N) is 1. The van der Waals surface area contributed by atoms with Gasteiger partial charge in [-0.3, -0.25) is 0 Å². The first kappa shape index (κ1) is 11.2. The Morgan fingerprint density at radius 1 is 1.50 bits per heavy atom. The number of hydrogen-bond donors (Lipinski definition) is 3. The van der Waals surface area contributed by atoms with Crippen LogP contribution in [0.2, 0.25) is 0 Å². The molecule has 0 aliphatic carbocycles. The summed E-state index contributed by atoms with van der Waals surface area (Å²) >= 11 is 0. The van der Waals surface area contributed by atoms with Crippen LogP contribution in [-0.2, 0) is 0 Å². The highest BCUT2D eigenvalue weighted by Gasteiger charge is 2.02. The number of hydrogen-bond acceptors (Lipinski definition) is 2. The number of amides is 2. The van der Waals surface area contributed by atoms with Gasteiger partial charge in [-0.2, -0.15) is 0 Å². The number of urea groups is 1. The van der Waals surface area contributed by atoms with E-state index in [0.717, 1.165) is 6.42 Å². The van der Waals surface area contributed by atoms with E-state index in [0.29, 0.717) is 25.6 Å². The highest BCUT2D eigenvalue weighted by Crippen LogP contribution is 1.96. The lowest BCUT2D eigenvalue weighted by Crippen LogP contribution is -2.37. The van der Waals surface area contributed by atoms with E-state index < -0.39 is 0 Å². The molecular weight excluding hydrogens is 154 g/mol. The van der Waals surface area contributed by atoms with Crippen LogP contribution < -0.4 is 16.4 Å². The number of rotatable bonds is 5. The second-order valence-corrected chi connectivity index (χ2v) is 2.92. The molecule has 1 atom stereocenters. The minimum absolute atomic E-state index is 0.0960. The van der Waals surface area contributed by atoms with Crippen LogP contribution in [0.5, 0.6) is 0 Å². The van der Waals surface area contributed by atoms with Gasteiger partial charge in [-0.25, -0.2) is 4.79 Å². The van der Waals surface area contributed by atoms with Gasteiger partial charge in [0.25, 0.3) is 0 Å². The molecule has 4 heteroatoms. The average Bonchev–Trinajstić information content (AvgIpc) is 2.02. The Kier molecular flexibility index (Phi) is 6.47. The summed E-state index contributed by atoms with van der Waals surface area (Å²) in [7, 11) is 0. The zero-order valence-corrected chi connectivity index (χ0v) is 7.89. The normalized spacial score (nSPS) is 12.2. The summed E-state index contributed by atoms with van der Waals surface area (Å²) in [6, 6.07) is -0.0960. The SMILES string of the molecule is CCNC(=O)NCC(C)CCN. The van der Waals surface area contributed by atoms with Crippen LogP contribution in [0.25, 0.3) is 0 Å². The van der Waals surface area contributed by atoms with Crippen LogP contribution in [0.1, 0.15) is 20.3 Å². The molecule has 0 fully saturated rings. The average molecular weight is 173 g/mol. The van der Waals surface area contributed by atoms with E-state index in [1.165, 1.54) is 0 Å². The molecular formula is C8H19N3O. The van der Waals surface area contributed by atoms with Crippen molar-refractivity contribution in [1.29, 1.82) is 0 Å². The summed E-state index contributed by atoms with van der Waals surface area (Å²) in [6.07, 6.45) is 0.951. The molecule has 0 spiro atoms. The molecule has 0 aromatic heterocycles. The van der Waals surface area contributed by atoms with E-state index in [1.807, 2.05) is 6.92 Å². The fourth-order valence-electron chi connectivity index (χ4n) is 0.877. The molecule has 12 heavy (non-hydrogen) atoms. The Morgan fingerprint density at radius 2 is 2.17 bits per heavy atom. The van der Waals surface area contributed by atoms with Gasteiger partial charge in [0.15, 0.2) is 0 Å². The van der Waals surface area contributed by atoms with E-state index in [1.54, 1.807) is 0 Å². The predicted octanol–water partition coefficient (Wildman–Crippen LogP) is 0.290. The van der Waals surface area contributed by atoms with Gasteiger partial charge in [0.05, 0.1) is 0 Å². The number of carbonyl (C=O) groups is 1. The minimum atomic E-state index is -0.0960. The van der Waals surface area contributed by atoms with Gasteiger partial charge in [0.2, 0.25) is 0 Å². The molecule has 0 radical (unpaired) electrons. The third-order valence-corrected chi connectivity index (χ3v) is 1.61. The summed E-state index contributed by atoms with van der Waals surface area (Å²) in [5.74, 6) is 0.456. The molecule has 72 valence electrons. The fraction of sp³-hybridized carbons (Fsp3) is 0.875. The summed E-state index contributed by atoms with van der Waals surface area (Å²) in [5.41, 5.74) is 5.37. The van der Waals surface area contributed by atoms with Crippen LogP contribution in [0.3, 0.4) is 0 Å². The van der Waals surface area contributed by atoms with Crippen LogP contribution in [-0.4, -0.2) is 25.7 Å². The van der Waals surface area contributed by atoms with Gasteiger partial charge < -0.3 is 16.4 Å². The lowest BCUT2D eigenvalue weighted by atomic mass is 10.1. The highest BCUT2D eigenvalue weighted by molar-refractivity contribution is 5.73. The van der Waals surface area contributed by atoms with Gasteiger partial charge in [-0.1, -0.05) is 6.92 Å². The number of nitrogens with one attached hydrogen (secondary N) is 2. The molecule has 4 nitrogen and oxygen atoms in total. The minimum Gasteiger partial charge on any atom is -0.338 e. The lowest BCUT2D eigenvalue weighted by molar-refractivity contribution is 0.239. The van der Waals surface area contributed by atoms with Crippen LogP contribution in [0, 0.1) is 5.92 Å². The van der Waals surface area contributed by atoms with E-state index >= 15 is 0 Å². The van der Waals surface area contributed by atoms with Crippen molar-refractivity contribution >= 4 is 6.03 Å². The van der Waals surface area contributed by atoms with E-state index in [9.17, 15) is 4.79 Å². The second-order valence-electron chi connectivity index (χ2n) is 2.92. The fourth-order valence-corrected chi connectivity index (χ4v) is 0.877. The van der Waals surface area contributed by atoms with Crippen molar-refractivity contribution in [2.24, 2.45) is 11.7 Å². The Labute approximate surface area is 73.9 Å². The van der Waals surface area contributed by atoms with Crippen LogP contribution >= 0.6 is 0 Å². The van der Waals surface area contributed by atoms with Crippen molar-refractivity contribution in [3.8, 4) is 0 Å². The topological polar surface area (TPSA) is 67.2 Å². The Balaban J connectivity index is 3.33. The summed E-state index contributed by atoms with van der Waals surface area (Å²) < 4.78 is 0. The van der Waals surface area contributed by atoms with Crippen LogP contribution in [0.4, 0.5) is 4.79 Å². The molecule has 0 aliphatic heterocycles. The van der Waals surface area contributed by atoms with Crippen LogP contribution in [0.15, 0.2) is 0 Å². The molecule has 4 N–H and O–H groups in total. The van der Waals surface area contributed by atoms with Crippen molar-refractivity contribution < 1.29 is 4.79 Å². The maximum atomic E-state index is 10.9.